The molecule has 0 aromatic carbocycles. The number of oxime groups is 1. The van der Waals surface area contributed by atoms with E-state index in [9.17, 15) is 36.9 Å². The zero-order valence-electron chi connectivity index (χ0n) is 19.0. The van der Waals surface area contributed by atoms with Gasteiger partial charge in [0.1, 0.15) is 17.6 Å². The molecule has 1 aromatic rings. The predicted molar refractivity (Wildman–Crippen MR) is 121 cm³/mol. The molecule has 0 aliphatic carbocycles. The summed E-state index contributed by atoms with van der Waals surface area (Å²) < 4.78 is 41.0. The van der Waals surface area contributed by atoms with E-state index in [0.717, 1.165) is 25.6 Å². The van der Waals surface area contributed by atoms with Crippen LogP contribution in [-0.4, -0.2) is 95.4 Å². The Labute approximate surface area is 212 Å². The van der Waals surface area contributed by atoms with Crippen LogP contribution in [0.2, 0.25) is 0 Å². The fraction of sp³-hybridized carbons (Fsp3) is 0.471. The lowest BCUT2D eigenvalue weighted by atomic mass is 9.98. The molecular weight excluding hydrogens is 550 g/mol. The average Bonchev–Trinajstić information content (AvgIpc) is 3.26. The number of hydrogen-bond acceptors (Lipinski definition) is 13. The molecule has 1 aliphatic rings. The van der Waals surface area contributed by atoms with Crippen LogP contribution in [0.1, 0.15) is 19.5 Å². The number of nitrogens with one attached hydrogen (secondary N) is 2. The molecule has 3 N–H and O–H groups in total. The Bertz CT molecular complexity index is 1210. The number of nitrogens with zero attached hydrogens (tertiary/aromatic N) is 3. The van der Waals surface area contributed by atoms with Gasteiger partial charge in [0, 0.05) is 5.38 Å². The molecule has 1 saturated heterocycles. The number of carbonyl (C=O) groups excluding carboxylic acids is 5. The Balaban J connectivity index is 2.41. The molecule has 1 aromatic heterocycles. The number of β-lactam (4-membered cyclic amide) rings is 1. The molecule has 2 atom stereocenters. The average molecular weight is 570 g/mol. The first-order valence-corrected chi connectivity index (χ1v) is 12.3. The normalized spacial score (nSPS) is 18.1. The largest absolute Gasteiger partial charge is 0.467 e. The highest BCUT2D eigenvalue weighted by Crippen LogP contribution is 2.25. The summed E-state index contributed by atoms with van der Waals surface area (Å²) in [5.74, 6) is -5.63. The van der Waals surface area contributed by atoms with Crippen LogP contribution in [0.25, 0.3) is 0 Å². The molecule has 1 aliphatic heterocycles. The van der Waals surface area contributed by atoms with Crippen molar-refractivity contribution in [3.8, 4) is 0 Å². The molecule has 1 fully saturated rings. The molecule has 2 heterocycles. The smallest absolute Gasteiger partial charge is 0.363 e. The van der Waals surface area contributed by atoms with E-state index < -0.39 is 63.4 Å². The number of aromatic nitrogens is 1. The van der Waals surface area contributed by atoms with Gasteiger partial charge < -0.3 is 24.9 Å². The maximum atomic E-state index is 13.0. The maximum Gasteiger partial charge on any atom is 0.363 e. The third kappa shape index (κ3) is 6.25. The number of ether oxygens (including phenoxy) is 2. The van der Waals surface area contributed by atoms with Crippen LogP contribution in [0.4, 0.5) is 5.13 Å². The zero-order chi connectivity index (χ0) is 27.4. The number of carbonyl (C=O) groups is 5. The van der Waals surface area contributed by atoms with Crippen molar-refractivity contribution in [1.29, 1.82) is 0 Å². The summed E-state index contributed by atoms with van der Waals surface area (Å²) in [6.07, 6.45) is 0. The van der Waals surface area contributed by atoms with Gasteiger partial charge in [0.25, 0.3) is 11.8 Å². The number of alkyl halides is 1. The minimum atomic E-state index is -5.15. The van der Waals surface area contributed by atoms with Crippen molar-refractivity contribution in [3.63, 3.8) is 0 Å². The molecule has 0 spiro atoms. The Kier molecular flexibility index (Phi) is 8.94. The van der Waals surface area contributed by atoms with E-state index in [1.54, 1.807) is 0 Å². The molecule has 19 heteroatoms. The number of methoxy groups -OCH3 is 2. The number of anilines is 1. The van der Waals surface area contributed by atoms with E-state index >= 15 is 0 Å². The summed E-state index contributed by atoms with van der Waals surface area (Å²) in [6, 6.07) is -3.69. The second-order valence-corrected chi connectivity index (χ2v) is 9.70. The molecular formula is C17H20ClN5O11S2. The van der Waals surface area contributed by atoms with E-state index in [-0.39, 0.29) is 21.0 Å². The Morgan fingerprint density at radius 2 is 1.92 bits per heavy atom. The van der Waals surface area contributed by atoms with Crippen molar-refractivity contribution in [2.24, 2.45) is 5.16 Å². The molecule has 3 amide bonds. The van der Waals surface area contributed by atoms with Crippen LogP contribution in [-0.2, 0) is 48.6 Å². The van der Waals surface area contributed by atoms with Crippen molar-refractivity contribution in [2.75, 3.05) is 25.4 Å². The summed E-state index contributed by atoms with van der Waals surface area (Å²) in [5.41, 5.74) is -2.51. The lowest BCUT2D eigenvalue weighted by Crippen LogP contribution is -2.74. The van der Waals surface area contributed by atoms with Crippen molar-refractivity contribution < 1.29 is 51.3 Å². The van der Waals surface area contributed by atoms with E-state index in [0.29, 0.717) is 0 Å². The van der Waals surface area contributed by atoms with E-state index in [1.165, 1.54) is 19.2 Å². The first-order chi connectivity index (χ1) is 16.7. The van der Waals surface area contributed by atoms with Crippen LogP contribution in [0.5, 0.6) is 0 Å². The predicted octanol–water partition coefficient (Wildman–Crippen LogP) is -1.34. The van der Waals surface area contributed by atoms with Gasteiger partial charge in [0.15, 0.2) is 16.9 Å². The van der Waals surface area contributed by atoms with Gasteiger partial charge in [-0.1, -0.05) is 5.16 Å². The van der Waals surface area contributed by atoms with Gasteiger partial charge in [-0.3, -0.25) is 18.9 Å². The van der Waals surface area contributed by atoms with Crippen LogP contribution in [0.3, 0.4) is 0 Å². The molecule has 2 unspecified atom stereocenters. The Morgan fingerprint density at radius 1 is 1.28 bits per heavy atom. The van der Waals surface area contributed by atoms with Crippen molar-refractivity contribution in [2.45, 2.75) is 31.5 Å². The molecule has 0 bridgehead atoms. The molecule has 36 heavy (non-hydrogen) atoms. The fourth-order valence-corrected chi connectivity index (χ4v) is 4.28. The minimum absolute atomic E-state index is 0.00749. The van der Waals surface area contributed by atoms with Gasteiger partial charge in [-0.2, -0.15) is 12.7 Å². The Morgan fingerprint density at radius 3 is 2.44 bits per heavy atom. The second kappa shape index (κ2) is 11.1. The number of rotatable bonds is 10. The van der Waals surface area contributed by atoms with Crippen LogP contribution in [0.15, 0.2) is 10.5 Å². The van der Waals surface area contributed by atoms with Gasteiger partial charge >= 0.3 is 22.2 Å². The quantitative estimate of drug-likeness (QED) is 0.0744. The monoisotopic (exact) mass is 569 g/mol. The highest BCUT2D eigenvalue weighted by molar-refractivity contribution is 7.84. The van der Waals surface area contributed by atoms with E-state index in [1.807, 2.05) is 0 Å². The number of halogens is 1. The summed E-state index contributed by atoms with van der Waals surface area (Å²) in [5, 5.41) is 9.36. The number of esters is 2. The summed E-state index contributed by atoms with van der Waals surface area (Å²) in [7, 11) is -3.16. The Hall–Kier alpha value is -3.35. The lowest BCUT2D eigenvalue weighted by Gasteiger charge is -2.41. The lowest BCUT2D eigenvalue weighted by molar-refractivity contribution is -0.165. The van der Waals surface area contributed by atoms with Gasteiger partial charge in [-0.15, -0.1) is 22.9 Å². The van der Waals surface area contributed by atoms with Crippen molar-refractivity contribution in [3.05, 3.63) is 11.1 Å². The summed E-state index contributed by atoms with van der Waals surface area (Å²) >= 11 is 6.30. The molecule has 2 rings (SSSR count). The second-order valence-electron chi connectivity index (χ2n) is 7.28. The van der Waals surface area contributed by atoms with Crippen molar-refractivity contribution in [1.82, 2.24) is 14.6 Å². The van der Waals surface area contributed by atoms with Crippen LogP contribution >= 0.6 is 22.9 Å². The third-order valence-electron chi connectivity index (χ3n) is 4.40. The summed E-state index contributed by atoms with van der Waals surface area (Å²) in [6.45, 7) is 2.55. The first kappa shape index (κ1) is 28.9. The number of thiazole rings is 1. The first-order valence-electron chi connectivity index (χ1n) is 9.53. The fourth-order valence-electron chi connectivity index (χ4n) is 2.66. The third-order valence-corrected chi connectivity index (χ3v) is 6.31. The van der Waals surface area contributed by atoms with Crippen molar-refractivity contribution >= 4 is 73.7 Å². The van der Waals surface area contributed by atoms with Crippen LogP contribution < -0.4 is 10.6 Å². The highest BCUT2D eigenvalue weighted by atomic mass is 35.5. The standard InChI is InChI=1S/C17H20ClN5O11S2/c1-17(2,15(28)33-4)34-22-9(7-6-35-16(19-7)20-8(24)5-18)12(25)21-10-11(14(27)32-3)23(13(10)26)36(29,30)31/h6,10-11H,5H2,1-4H3,(H,21,25)(H,19,20,24)(H,29,30,31)/b22-9-. The molecule has 0 radical (unpaired) electrons. The molecule has 198 valence electrons. The minimum Gasteiger partial charge on any atom is -0.467 e. The number of hydrogen-bond donors (Lipinski definition) is 3. The SMILES string of the molecule is COC(=O)C1C(NC(=O)/C(=N\OC(C)(C)C(=O)OC)c2csc(NC(=O)CCl)n2)C(=O)N1S(=O)(=O)O. The topological polar surface area (TPSA) is 220 Å². The van der Waals surface area contributed by atoms with Gasteiger partial charge in [-0.25, -0.2) is 14.6 Å². The van der Waals surface area contributed by atoms with Gasteiger partial charge in [-0.05, 0) is 13.8 Å². The highest BCUT2D eigenvalue weighted by Gasteiger charge is 2.58. The van der Waals surface area contributed by atoms with E-state index in [2.05, 4.69) is 30.2 Å². The van der Waals surface area contributed by atoms with Gasteiger partial charge in [0.05, 0.1) is 14.2 Å². The molecule has 0 saturated carbocycles. The number of amides is 3. The summed E-state index contributed by atoms with van der Waals surface area (Å²) in [4.78, 5) is 69.9. The zero-order valence-corrected chi connectivity index (χ0v) is 21.4. The van der Waals surface area contributed by atoms with Gasteiger partial charge in [0.2, 0.25) is 11.5 Å². The van der Waals surface area contributed by atoms with Crippen LogP contribution in [0, 0.1) is 0 Å². The molecule has 16 nitrogen and oxygen atoms in total. The maximum absolute atomic E-state index is 13.0. The van der Waals surface area contributed by atoms with E-state index in [4.69, 9.17) is 16.4 Å².